The van der Waals surface area contributed by atoms with Crippen molar-refractivity contribution in [1.29, 1.82) is 0 Å². The highest BCUT2D eigenvalue weighted by molar-refractivity contribution is 5.70. The number of carbonyl (C=O) groups excluding carboxylic acids is 1. The van der Waals surface area contributed by atoms with E-state index in [2.05, 4.69) is 11.9 Å². The number of allylic oxidation sites excluding steroid dienone is 2. The van der Waals surface area contributed by atoms with E-state index in [0.717, 1.165) is 0 Å². The van der Waals surface area contributed by atoms with E-state index in [1.165, 1.54) is 0 Å². The Labute approximate surface area is 117 Å². The Bertz CT molecular complexity index is 290. The molecular formula is C15H29NO3. The molecule has 4 nitrogen and oxygen atoms in total. The van der Waals surface area contributed by atoms with Crippen molar-refractivity contribution in [3.63, 3.8) is 0 Å². The lowest BCUT2D eigenvalue weighted by Crippen LogP contribution is -2.29. The molecule has 19 heavy (non-hydrogen) atoms. The van der Waals surface area contributed by atoms with E-state index >= 15 is 0 Å². The van der Waals surface area contributed by atoms with Crippen LogP contribution < -0.4 is 5.32 Å². The number of hydrogen-bond acceptors (Lipinski definition) is 3. The molecule has 0 spiro atoms. The molecule has 112 valence electrons. The van der Waals surface area contributed by atoms with E-state index in [0.29, 0.717) is 17.9 Å². The predicted molar refractivity (Wildman–Crippen MR) is 79.8 cm³/mol. The Morgan fingerprint density at radius 2 is 1.84 bits per heavy atom. The fraction of sp³-hybridized carbons (Fsp3) is 0.667. The van der Waals surface area contributed by atoms with Crippen molar-refractivity contribution >= 4 is 6.09 Å². The van der Waals surface area contributed by atoms with E-state index in [9.17, 15) is 4.79 Å². The molecule has 0 aliphatic carbocycles. The first-order valence-electron chi connectivity index (χ1n) is 6.83. The summed E-state index contributed by atoms with van der Waals surface area (Å²) in [5.41, 5.74) is 0.552. The van der Waals surface area contributed by atoms with Crippen molar-refractivity contribution in [3.8, 4) is 0 Å². The van der Waals surface area contributed by atoms with Crippen LogP contribution in [0, 0.1) is 5.92 Å². The van der Waals surface area contributed by atoms with Crippen LogP contribution in [0.5, 0.6) is 0 Å². The number of alkyl carbamates (subject to hydrolysis) is 1. The highest BCUT2D eigenvalue weighted by atomic mass is 16.6. The van der Waals surface area contributed by atoms with Gasteiger partial charge in [-0.3, -0.25) is 5.32 Å². The van der Waals surface area contributed by atoms with Crippen LogP contribution >= 0.6 is 0 Å². The fourth-order valence-electron chi connectivity index (χ4n) is 1.12. The molecule has 1 N–H and O–H groups in total. The van der Waals surface area contributed by atoms with Crippen molar-refractivity contribution in [2.24, 2.45) is 5.92 Å². The number of rotatable bonds is 6. The lowest BCUT2D eigenvalue weighted by atomic mass is 10.1. The molecule has 1 unspecified atom stereocenters. The van der Waals surface area contributed by atoms with Crippen LogP contribution in [0.3, 0.4) is 0 Å². The Kier molecular flexibility index (Phi) is 12.2. The summed E-state index contributed by atoms with van der Waals surface area (Å²) in [7, 11) is 1.56. The summed E-state index contributed by atoms with van der Waals surface area (Å²) in [5.74, 6) is 0.958. The minimum absolute atomic E-state index is 0.131. The van der Waals surface area contributed by atoms with Crippen molar-refractivity contribution in [1.82, 2.24) is 5.32 Å². The van der Waals surface area contributed by atoms with E-state index < -0.39 is 6.09 Å². The molecule has 1 amide bonds. The fourth-order valence-corrected chi connectivity index (χ4v) is 1.12. The average Bonchev–Trinajstić information content (AvgIpc) is 2.40. The van der Waals surface area contributed by atoms with Crippen molar-refractivity contribution < 1.29 is 14.3 Å². The quantitative estimate of drug-likeness (QED) is 0.580. The predicted octanol–water partition coefficient (Wildman–Crippen LogP) is 4.24. The van der Waals surface area contributed by atoms with Gasteiger partial charge in [0.25, 0.3) is 0 Å². The first-order valence-corrected chi connectivity index (χ1v) is 6.83. The summed E-state index contributed by atoms with van der Waals surface area (Å²) in [6.45, 7) is 15.4. The molecule has 0 radical (unpaired) electrons. The zero-order chi connectivity index (χ0) is 15.4. The largest absolute Gasteiger partial charge is 0.499 e. The third kappa shape index (κ3) is 8.30. The van der Waals surface area contributed by atoms with E-state index in [-0.39, 0.29) is 12.0 Å². The lowest BCUT2D eigenvalue weighted by Gasteiger charge is -2.18. The summed E-state index contributed by atoms with van der Waals surface area (Å²) in [6.07, 6.45) is 1.61. The molecule has 0 aliphatic heterocycles. The molecule has 0 aromatic carbocycles. The molecule has 0 fully saturated rings. The molecule has 0 bridgehead atoms. The summed E-state index contributed by atoms with van der Waals surface area (Å²) in [6, 6.07) is 0. The molecule has 4 heteroatoms. The highest BCUT2D eigenvalue weighted by Crippen LogP contribution is 2.10. The van der Waals surface area contributed by atoms with Crippen LogP contribution in [0.25, 0.3) is 0 Å². The van der Waals surface area contributed by atoms with E-state index in [1.54, 1.807) is 13.2 Å². The number of amides is 1. The third-order valence-electron chi connectivity index (χ3n) is 2.54. The Morgan fingerprint density at radius 3 is 2.16 bits per heavy atom. The Morgan fingerprint density at radius 1 is 1.32 bits per heavy atom. The summed E-state index contributed by atoms with van der Waals surface area (Å²) < 4.78 is 10.3. The van der Waals surface area contributed by atoms with Crippen LogP contribution in [0.1, 0.15) is 48.0 Å². The van der Waals surface area contributed by atoms with Crippen molar-refractivity contribution in [3.05, 3.63) is 24.1 Å². The second kappa shape index (κ2) is 11.6. The van der Waals surface area contributed by atoms with Crippen LogP contribution in [-0.2, 0) is 9.47 Å². The topological polar surface area (TPSA) is 47.6 Å². The van der Waals surface area contributed by atoms with Gasteiger partial charge in [-0.15, -0.1) is 0 Å². The number of hydrogen-bond donors (Lipinski definition) is 1. The third-order valence-corrected chi connectivity index (χ3v) is 2.54. The Balaban J connectivity index is 0. The van der Waals surface area contributed by atoms with Gasteiger partial charge in [-0.25, -0.2) is 4.79 Å². The summed E-state index contributed by atoms with van der Waals surface area (Å²) in [4.78, 5) is 11.6. The van der Waals surface area contributed by atoms with Gasteiger partial charge < -0.3 is 9.47 Å². The highest BCUT2D eigenvalue weighted by Gasteiger charge is 2.14. The van der Waals surface area contributed by atoms with Gasteiger partial charge >= 0.3 is 6.09 Å². The maximum Gasteiger partial charge on any atom is 0.412 e. The molecule has 0 aromatic rings. The number of ether oxygens (including phenoxy) is 2. The molecule has 0 rings (SSSR count). The second-order valence-corrected chi connectivity index (χ2v) is 4.08. The van der Waals surface area contributed by atoms with E-state index in [1.807, 2.05) is 41.5 Å². The zero-order valence-electron chi connectivity index (χ0n) is 13.4. The van der Waals surface area contributed by atoms with Gasteiger partial charge in [0.1, 0.15) is 11.9 Å². The minimum Gasteiger partial charge on any atom is -0.499 e. The molecule has 0 aromatic heterocycles. The number of carbonyl (C=O) groups is 1. The molecule has 0 heterocycles. The number of nitrogens with one attached hydrogen (secondary N) is 1. The smallest absolute Gasteiger partial charge is 0.412 e. The van der Waals surface area contributed by atoms with Gasteiger partial charge in [-0.2, -0.15) is 0 Å². The SMILES string of the molecule is C=C/C(NC(=O)OC(C)C(C)C)=C(\CC)OC.CC. The first-order chi connectivity index (χ1) is 8.96. The van der Waals surface area contributed by atoms with Gasteiger partial charge in [0, 0.05) is 6.42 Å². The molecule has 0 saturated heterocycles. The van der Waals surface area contributed by atoms with Crippen molar-refractivity contribution in [2.45, 2.75) is 54.1 Å². The van der Waals surface area contributed by atoms with Crippen LogP contribution in [0.15, 0.2) is 24.1 Å². The molecule has 0 aliphatic rings. The van der Waals surface area contributed by atoms with Crippen LogP contribution in [0.4, 0.5) is 4.79 Å². The second-order valence-electron chi connectivity index (χ2n) is 4.08. The van der Waals surface area contributed by atoms with Gasteiger partial charge in [-0.1, -0.05) is 41.2 Å². The van der Waals surface area contributed by atoms with Gasteiger partial charge in [0.05, 0.1) is 12.8 Å². The van der Waals surface area contributed by atoms with E-state index in [4.69, 9.17) is 9.47 Å². The van der Waals surface area contributed by atoms with Gasteiger partial charge in [-0.05, 0) is 18.9 Å². The number of methoxy groups -OCH3 is 1. The molecule has 1 atom stereocenters. The van der Waals surface area contributed by atoms with Crippen molar-refractivity contribution in [2.75, 3.05) is 7.11 Å². The average molecular weight is 271 g/mol. The van der Waals surface area contributed by atoms with Crippen LogP contribution in [0.2, 0.25) is 0 Å². The standard InChI is InChI=1S/C13H23NO3.C2H6/c1-7-11(12(8-2)16-6)14-13(15)17-10(5)9(3)4;1-2/h7,9-10H,1,8H2,2-6H3,(H,14,15);1-2H3/b12-11-;. The monoisotopic (exact) mass is 271 g/mol. The Hall–Kier alpha value is -1.45. The normalized spacial score (nSPS) is 12.6. The minimum atomic E-state index is -0.482. The lowest BCUT2D eigenvalue weighted by molar-refractivity contribution is 0.0840. The summed E-state index contributed by atoms with van der Waals surface area (Å²) in [5, 5.41) is 2.63. The molecule has 0 saturated carbocycles. The van der Waals surface area contributed by atoms with Crippen LogP contribution in [-0.4, -0.2) is 19.3 Å². The van der Waals surface area contributed by atoms with Gasteiger partial charge in [0.15, 0.2) is 0 Å². The first kappa shape index (κ1) is 19.9. The zero-order valence-corrected chi connectivity index (χ0v) is 13.4. The maximum atomic E-state index is 11.6. The van der Waals surface area contributed by atoms with Gasteiger partial charge in [0.2, 0.25) is 0 Å². The summed E-state index contributed by atoms with van der Waals surface area (Å²) >= 11 is 0. The molecular weight excluding hydrogens is 242 g/mol. The maximum absolute atomic E-state index is 11.6.